The fourth-order valence-corrected chi connectivity index (χ4v) is 3.94. The van der Waals surface area contributed by atoms with Crippen LogP contribution in [0.4, 0.5) is 0 Å². The molecule has 1 aromatic carbocycles. The Bertz CT molecular complexity index is 752. The maximum absolute atomic E-state index is 12.4. The molecule has 3 rings (SSSR count). The summed E-state index contributed by atoms with van der Waals surface area (Å²) < 4.78 is 1.80. The van der Waals surface area contributed by atoms with E-state index in [4.69, 9.17) is 5.11 Å². The summed E-state index contributed by atoms with van der Waals surface area (Å²) in [5, 5.41) is 13.4. The predicted molar refractivity (Wildman–Crippen MR) is 95.9 cm³/mol. The Labute approximate surface area is 150 Å². The van der Waals surface area contributed by atoms with Crippen molar-refractivity contribution in [1.29, 1.82) is 0 Å². The zero-order chi connectivity index (χ0) is 17.8. The molecule has 0 aliphatic carbocycles. The smallest absolute Gasteiger partial charge is 0.339 e. The van der Waals surface area contributed by atoms with Gasteiger partial charge in [-0.15, -0.1) is 11.8 Å². The molecule has 25 heavy (non-hydrogen) atoms. The van der Waals surface area contributed by atoms with Crippen LogP contribution in [0.3, 0.4) is 0 Å². The largest absolute Gasteiger partial charge is 0.478 e. The molecule has 0 bridgehead atoms. The number of hydrogen-bond acceptors (Lipinski definition) is 4. The van der Waals surface area contributed by atoms with Crippen LogP contribution in [0.1, 0.15) is 34.9 Å². The first-order valence-electron chi connectivity index (χ1n) is 8.29. The van der Waals surface area contributed by atoms with Gasteiger partial charge in [0.15, 0.2) is 0 Å². The fourth-order valence-electron chi connectivity index (χ4n) is 3.11. The number of aromatic nitrogens is 2. The molecule has 1 aromatic heterocycles. The number of rotatable bonds is 5. The van der Waals surface area contributed by atoms with Crippen molar-refractivity contribution in [2.24, 2.45) is 0 Å². The lowest BCUT2D eigenvalue weighted by Crippen LogP contribution is -2.40. The molecule has 2 aromatic rings. The van der Waals surface area contributed by atoms with Crippen LogP contribution in [0.15, 0.2) is 41.4 Å². The van der Waals surface area contributed by atoms with Crippen molar-refractivity contribution < 1.29 is 14.7 Å². The van der Waals surface area contributed by atoms with Crippen LogP contribution >= 0.6 is 11.8 Å². The van der Waals surface area contributed by atoms with Gasteiger partial charge < -0.3 is 10.0 Å². The summed E-state index contributed by atoms with van der Waals surface area (Å²) in [6.45, 7) is 3.14. The number of thioether (sulfide) groups is 1. The van der Waals surface area contributed by atoms with Crippen LogP contribution in [0.25, 0.3) is 0 Å². The van der Waals surface area contributed by atoms with E-state index in [1.54, 1.807) is 23.4 Å². The van der Waals surface area contributed by atoms with E-state index in [-0.39, 0.29) is 17.5 Å². The molecule has 0 radical (unpaired) electrons. The lowest BCUT2D eigenvalue weighted by molar-refractivity contribution is -0.129. The van der Waals surface area contributed by atoms with E-state index < -0.39 is 5.97 Å². The van der Waals surface area contributed by atoms with Crippen molar-refractivity contribution in [2.45, 2.75) is 30.7 Å². The van der Waals surface area contributed by atoms with Gasteiger partial charge in [-0.05, 0) is 31.9 Å². The van der Waals surface area contributed by atoms with E-state index in [2.05, 4.69) is 5.10 Å². The van der Waals surface area contributed by atoms with Gasteiger partial charge in [-0.1, -0.05) is 18.2 Å². The second-order valence-electron chi connectivity index (χ2n) is 6.11. The summed E-state index contributed by atoms with van der Waals surface area (Å²) in [6, 6.07) is 10.1. The number of nitrogens with zero attached hydrogens (tertiary/aromatic N) is 3. The molecule has 0 spiro atoms. The maximum Gasteiger partial charge on any atom is 0.339 e. The highest BCUT2D eigenvalue weighted by molar-refractivity contribution is 8.00. The second-order valence-corrected chi connectivity index (χ2v) is 7.16. The van der Waals surface area contributed by atoms with E-state index in [1.807, 2.05) is 35.2 Å². The number of piperidine rings is 1. The number of likely N-dealkylation sites (tertiary alicyclic amines) is 1. The van der Waals surface area contributed by atoms with Crippen molar-refractivity contribution in [3.63, 3.8) is 0 Å². The first-order chi connectivity index (χ1) is 12.1. The van der Waals surface area contributed by atoms with Crippen molar-refractivity contribution in [3.05, 3.63) is 47.8 Å². The topological polar surface area (TPSA) is 75.4 Å². The predicted octanol–water partition coefficient (Wildman–Crippen LogP) is 2.85. The number of benzene rings is 1. The minimum absolute atomic E-state index is 0.149. The van der Waals surface area contributed by atoms with Gasteiger partial charge in [0, 0.05) is 18.0 Å². The van der Waals surface area contributed by atoms with Gasteiger partial charge in [0.1, 0.15) is 5.56 Å². The molecule has 7 heteroatoms. The van der Waals surface area contributed by atoms with Crippen LogP contribution in [0.5, 0.6) is 0 Å². The van der Waals surface area contributed by atoms with E-state index in [0.717, 1.165) is 17.7 Å². The molecule has 1 amide bonds. The average Bonchev–Trinajstić information content (AvgIpc) is 3.02. The molecule has 1 saturated heterocycles. The lowest BCUT2D eigenvalue weighted by atomic mass is 10.0. The van der Waals surface area contributed by atoms with Crippen LogP contribution in [-0.4, -0.2) is 50.5 Å². The van der Waals surface area contributed by atoms with Gasteiger partial charge in [-0.3, -0.25) is 9.48 Å². The Morgan fingerprint density at radius 1 is 1.24 bits per heavy atom. The molecule has 1 aliphatic rings. The highest BCUT2D eigenvalue weighted by Crippen LogP contribution is 2.25. The van der Waals surface area contributed by atoms with Crippen LogP contribution in [0.2, 0.25) is 0 Å². The minimum Gasteiger partial charge on any atom is -0.478 e. The molecule has 2 heterocycles. The summed E-state index contributed by atoms with van der Waals surface area (Å²) >= 11 is 1.55. The van der Waals surface area contributed by atoms with Gasteiger partial charge in [-0.2, -0.15) is 5.10 Å². The number of carbonyl (C=O) groups is 2. The molecule has 6 nitrogen and oxygen atoms in total. The molecule has 0 saturated carbocycles. The minimum atomic E-state index is -0.950. The molecule has 132 valence electrons. The highest BCUT2D eigenvalue weighted by Gasteiger charge is 2.26. The number of carboxylic acid groups (broad SMARTS) is 1. The summed E-state index contributed by atoms with van der Waals surface area (Å²) in [7, 11) is 0. The summed E-state index contributed by atoms with van der Waals surface area (Å²) in [4.78, 5) is 26.5. The van der Waals surface area contributed by atoms with Gasteiger partial charge in [0.25, 0.3) is 0 Å². The third-order valence-electron chi connectivity index (χ3n) is 4.54. The van der Waals surface area contributed by atoms with Gasteiger partial charge in [0.2, 0.25) is 5.91 Å². The van der Waals surface area contributed by atoms with E-state index >= 15 is 0 Å². The zero-order valence-electron chi connectivity index (χ0n) is 14.1. The fraction of sp³-hybridized carbons (Fsp3) is 0.389. The maximum atomic E-state index is 12.4. The SMILES string of the molecule is Cc1c(C(=O)O)cnn1C1CCN(C(=O)CSc2ccccc2)CC1. The summed E-state index contributed by atoms with van der Waals surface area (Å²) in [5.74, 6) is -0.358. The first kappa shape index (κ1) is 17.5. The van der Waals surface area contributed by atoms with Crippen molar-refractivity contribution in [3.8, 4) is 0 Å². The van der Waals surface area contributed by atoms with Crippen molar-refractivity contribution >= 4 is 23.6 Å². The third kappa shape index (κ3) is 4.04. The van der Waals surface area contributed by atoms with Crippen LogP contribution in [0, 0.1) is 6.92 Å². The standard InChI is InChI=1S/C18H21N3O3S/c1-13-16(18(23)24)11-19-21(13)14-7-9-20(10-8-14)17(22)12-25-15-5-3-2-4-6-15/h2-6,11,14H,7-10,12H2,1H3,(H,23,24). The van der Waals surface area contributed by atoms with Crippen LogP contribution < -0.4 is 0 Å². The average molecular weight is 359 g/mol. The van der Waals surface area contributed by atoms with Crippen molar-refractivity contribution in [1.82, 2.24) is 14.7 Å². The Kier molecular flexibility index (Phi) is 5.43. The van der Waals surface area contributed by atoms with E-state index in [9.17, 15) is 9.59 Å². The Hall–Kier alpha value is -2.28. The quantitative estimate of drug-likeness (QED) is 0.831. The molecule has 1 N–H and O–H groups in total. The molecule has 0 unspecified atom stereocenters. The summed E-state index contributed by atoms with van der Waals surface area (Å²) in [6.07, 6.45) is 3.00. The number of hydrogen-bond donors (Lipinski definition) is 1. The number of carbonyl (C=O) groups excluding carboxylic acids is 1. The van der Waals surface area contributed by atoms with Crippen LogP contribution in [-0.2, 0) is 4.79 Å². The second kappa shape index (κ2) is 7.74. The van der Waals surface area contributed by atoms with Gasteiger partial charge in [0.05, 0.1) is 23.7 Å². The van der Waals surface area contributed by atoms with Gasteiger partial charge in [-0.25, -0.2) is 4.79 Å². The Morgan fingerprint density at radius 2 is 1.92 bits per heavy atom. The lowest BCUT2D eigenvalue weighted by Gasteiger charge is -2.32. The molecule has 1 aliphatic heterocycles. The number of aromatic carboxylic acids is 1. The van der Waals surface area contributed by atoms with E-state index in [0.29, 0.717) is 24.5 Å². The molecular weight excluding hydrogens is 338 g/mol. The number of carboxylic acids is 1. The number of amides is 1. The first-order valence-corrected chi connectivity index (χ1v) is 9.28. The molecule has 1 fully saturated rings. The zero-order valence-corrected chi connectivity index (χ0v) is 14.9. The Morgan fingerprint density at radius 3 is 2.52 bits per heavy atom. The van der Waals surface area contributed by atoms with E-state index in [1.165, 1.54) is 6.20 Å². The molecular formula is C18H21N3O3S. The normalized spacial score (nSPS) is 15.3. The Balaban J connectivity index is 1.53. The van der Waals surface area contributed by atoms with Gasteiger partial charge >= 0.3 is 5.97 Å². The molecule has 0 atom stereocenters. The van der Waals surface area contributed by atoms with Crippen molar-refractivity contribution in [2.75, 3.05) is 18.8 Å². The monoisotopic (exact) mass is 359 g/mol. The summed E-state index contributed by atoms with van der Waals surface area (Å²) in [5.41, 5.74) is 0.926. The third-order valence-corrected chi connectivity index (χ3v) is 5.54. The highest BCUT2D eigenvalue weighted by atomic mass is 32.2.